The van der Waals surface area contributed by atoms with E-state index in [2.05, 4.69) is 5.10 Å². The van der Waals surface area contributed by atoms with E-state index in [0.717, 1.165) is 6.42 Å². The number of nitrogens with zero attached hydrogens (tertiary/aromatic N) is 3. The number of aryl methyl sites for hydroxylation is 1. The Morgan fingerprint density at radius 3 is 2.92 bits per heavy atom. The summed E-state index contributed by atoms with van der Waals surface area (Å²) in [6.07, 6.45) is 2.18. The summed E-state index contributed by atoms with van der Waals surface area (Å²) < 4.78 is 6.65. The van der Waals surface area contributed by atoms with Gasteiger partial charge in [-0.25, -0.2) is 4.68 Å². The molecule has 0 spiro atoms. The minimum Gasteiger partial charge on any atom is -0.356 e. The van der Waals surface area contributed by atoms with Crippen molar-refractivity contribution in [3.05, 3.63) is 22.0 Å². The third-order valence-corrected chi connectivity index (χ3v) is 2.06. The number of nitro groups is 1. The minimum absolute atomic E-state index is 0.0514. The second kappa shape index (κ2) is 2.81. The molecule has 2 rings (SSSR count). The van der Waals surface area contributed by atoms with Crippen LogP contribution in [-0.4, -0.2) is 21.3 Å². The Morgan fingerprint density at radius 1 is 1.85 bits per heavy atom. The van der Waals surface area contributed by atoms with E-state index in [-0.39, 0.29) is 11.9 Å². The second-order valence-electron chi connectivity index (χ2n) is 2.95. The van der Waals surface area contributed by atoms with Crippen LogP contribution in [0.3, 0.4) is 0 Å². The first-order valence-corrected chi connectivity index (χ1v) is 4.00. The molecule has 0 radical (unpaired) electrons. The van der Waals surface area contributed by atoms with Crippen molar-refractivity contribution >= 4 is 5.69 Å². The van der Waals surface area contributed by atoms with Crippen LogP contribution in [0, 0.1) is 17.0 Å². The lowest BCUT2D eigenvalue weighted by molar-refractivity contribution is -0.385. The van der Waals surface area contributed by atoms with Crippen molar-refractivity contribution in [1.29, 1.82) is 0 Å². The summed E-state index contributed by atoms with van der Waals surface area (Å²) in [4.78, 5) is 10.0. The van der Waals surface area contributed by atoms with E-state index < -0.39 is 4.92 Å². The SMILES string of the molecule is Cc1nn(C2CCO2)cc1[N+](=O)[O-]. The molecule has 0 saturated carbocycles. The number of hydrogen-bond donors (Lipinski definition) is 0. The molecule has 1 aromatic rings. The van der Waals surface area contributed by atoms with Crippen molar-refractivity contribution in [2.45, 2.75) is 19.6 Å². The fourth-order valence-electron chi connectivity index (χ4n) is 1.23. The maximum atomic E-state index is 10.5. The summed E-state index contributed by atoms with van der Waals surface area (Å²) in [6.45, 7) is 2.32. The van der Waals surface area contributed by atoms with Gasteiger partial charge in [-0.1, -0.05) is 0 Å². The summed E-state index contributed by atoms with van der Waals surface area (Å²) in [5.74, 6) is 0. The van der Waals surface area contributed by atoms with Gasteiger partial charge in [-0.3, -0.25) is 10.1 Å². The highest BCUT2D eigenvalue weighted by Gasteiger charge is 2.24. The number of ether oxygens (including phenoxy) is 1. The van der Waals surface area contributed by atoms with Gasteiger partial charge in [-0.2, -0.15) is 5.10 Å². The smallest absolute Gasteiger partial charge is 0.309 e. The van der Waals surface area contributed by atoms with Gasteiger partial charge in [-0.05, 0) is 6.92 Å². The van der Waals surface area contributed by atoms with Crippen LogP contribution in [0.15, 0.2) is 6.20 Å². The highest BCUT2D eigenvalue weighted by atomic mass is 16.6. The fourth-order valence-corrected chi connectivity index (χ4v) is 1.23. The van der Waals surface area contributed by atoms with Gasteiger partial charge in [0.15, 0.2) is 6.23 Å². The molecular formula is C7H9N3O3. The molecule has 0 aromatic carbocycles. The van der Waals surface area contributed by atoms with E-state index in [1.807, 2.05) is 0 Å². The second-order valence-corrected chi connectivity index (χ2v) is 2.95. The Balaban J connectivity index is 2.28. The quantitative estimate of drug-likeness (QED) is 0.507. The Kier molecular flexibility index (Phi) is 1.77. The van der Waals surface area contributed by atoms with E-state index in [9.17, 15) is 10.1 Å². The largest absolute Gasteiger partial charge is 0.356 e. The summed E-state index contributed by atoms with van der Waals surface area (Å²) >= 11 is 0. The van der Waals surface area contributed by atoms with Crippen LogP contribution in [0.25, 0.3) is 0 Å². The predicted molar refractivity (Wildman–Crippen MR) is 43.2 cm³/mol. The molecule has 1 aliphatic rings. The molecule has 13 heavy (non-hydrogen) atoms. The molecule has 70 valence electrons. The lowest BCUT2D eigenvalue weighted by atomic mass is 10.3. The summed E-state index contributed by atoms with van der Waals surface area (Å²) in [7, 11) is 0. The van der Waals surface area contributed by atoms with Crippen LogP contribution in [-0.2, 0) is 4.74 Å². The molecule has 6 heteroatoms. The Labute approximate surface area is 74.3 Å². The zero-order chi connectivity index (χ0) is 9.42. The van der Waals surface area contributed by atoms with Crippen molar-refractivity contribution in [3.63, 3.8) is 0 Å². The van der Waals surface area contributed by atoms with Gasteiger partial charge >= 0.3 is 5.69 Å². The summed E-state index contributed by atoms with van der Waals surface area (Å²) in [5, 5.41) is 14.5. The van der Waals surface area contributed by atoms with Gasteiger partial charge in [0.1, 0.15) is 11.9 Å². The molecule has 6 nitrogen and oxygen atoms in total. The summed E-state index contributed by atoms with van der Waals surface area (Å²) in [5.41, 5.74) is 0.482. The molecule has 1 saturated heterocycles. The van der Waals surface area contributed by atoms with E-state index in [4.69, 9.17) is 4.74 Å². The zero-order valence-electron chi connectivity index (χ0n) is 7.14. The topological polar surface area (TPSA) is 70.2 Å². The molecule has 1 aliphatic heterocycles. The lowest BCUT2D eigenvalue weighted by Crippen LogP contribution is -2.24. The number of rotatable bonds is 2. The van der Waals surface area contributed by atoms with Crippen molar-refractivity contribution in [3.8, 4) is 0 Å². The summed E-state index contributed by atoms with van der Waals surface area (Å²) in [6, 6.07) is 0. The van der Waals surface area contributed by atoms with E-state index in [0.29, 0.717) is 12.3 Å². The Bertz CT molecular complexity index is 343. The van der Waals surface area contributed by atoms with Crippen molar-refractivity contribution < 1.29 is 9.66 Å². The van der Waals surface area contributed by atoms with Crippen LogP contribution in [0.2, 0.25) is 0 Å². The van der Waals surface area contributed by atoms with Gasteiger partial charge < -0.3 is 4.74 Å². The van der Waals surface area contributed by atoms with Gasteiger partial charge in [0.25, 0.3) is 0 Å². The third kappa shape index (κ3) is 1.29. The average Bonchev–Trinajstić information content (AvgIpc) is 2.27. The molecule has 2 heterocycles. The van der Waals surface area contributed by atoms with Gasteiger partial charge in [0, 0.05) is 6.42 Å². The standard InChI is InChI=1S/C7H9N3O3/c1-5-6(10(11)12)4-9(8-5)7-2-3-13-7/h4,7H,2-3H2,1H3. The maximum Gasteiger partial charge on any atom is 0.309 e. The van der Waals surface area contributed by atoms with Crippen LogP contribution in [0.4, 0.5) is 5.69 Å². The van der Waals surface area contributed by atoms with Crippen LogP contribution < -0.4 is 0 Å². The van der Waals surface area contributed by atoms with Gasteiger partial charge in [-0.15, -0.1) is 0 Å². The Morgan fingerprint density at radius 2 is 2.54 bits per heavy atom. The highest BCUT2D eigenvalue weighted by molar-refractivity contribution is 5.31. The first-order valence-electron chi connectivity index (χ1n) is 4.00. The first-order chi connectivity index (χ1) is 6.18. The van der Waals surface area contributed by atoms with Gasteiger partial charge in [0.05, 0.1) is 11.5 Å². The van der Waals surface area contributed by atoms with E-state index >= 15 is 0 Å². The fraction of sp³-hybridized carbons (Fsp3) is 0.571. The molecule has 1 atom stereocenters. The Hall–Kier alpha value is -1.43. The van der Waals surface area contributed by atoms with Gasteiger partial charge in [0.2, 0.25) is 0 Å². The van der Waals surface area contributed by atoms with Crippen LogP contribution in [0.1, 0.15) is 18.3 Å². The van der Waals surface area contributed by atoms with Crippen LogP contribution in [0.5, 0.6) is 0 Å². The first kappa shape index (κ1) is 8.18. The van der Waals surface area contributed by atoms with Crippen LogP contribution >= 0.6 is 0 Å². The monoisotopic (exact) mass is 183 g/mol. The molecule has 0 N–H and O–H groups in total. The molecule has 0 aliphatic carbocycles. The lowest BCUT2D eigenvalue weighted by Gasteiger charge is -2.25. The van der Waals surface area contributed by atoms with E-state index in [1.54, 1.807) is 6.92 Å². The van der Waals surface area contributed by atoms with Crippen molar-refractivity contribution in [2.75, 3.05) is 6.61 Å². The highest BCUT2D eigenvalue weighted by Crippen LogP contribution is 2.25. The number of hydrogen-bond acceptors (Lipinski definition) is 4. The number of aromatic nitrogens is 2. The molecule has 0 amide bonds. The molecule has 1 aromatic heterocycles. The average molecular weight is 183 g/mol. The maximum absolute atomic E-state index is 10.5. The van der Waals surface area contributed by atoms with Crippen molar-refractivity contribution in [1.82, 2.24) is 9.78 Å². The molecule has 0 bridgehead atoms. The van der Waals surface area contributed by atoms with E-state index in [1.165, 1.54) is 10.9 Å². The third-order valence-electron chi connectivity index (χ3n) is 2.06. The minimum atomic E-state index is -0.433. The molecule has 1 fully saturated rings. The predicted octanol–water partition coefficient (Wildman–Crippen LogP) is 1.02. The zero-order valence-corrected chi connectivity index (χ0v) is 7.14. The normalized spacial score (nSPS) is 21.2. The molecular weight excluding hydrogens is 174 g/mol. The molecule has 1 unspecified atom stereocenters. The van der Waals surface area contributed by atoms with Crippen molar-refractivity contribution in [2.24, 2.45) is 0 Å².